The maximum Gasteiger partial charge on any atom is 0.146 e. The lowest BCUT2D eigenvalue weighted by Gasteiger charge is -2.32. The molecule has 1 atom stereocenters. The fraction of sp³-hybridized carbons (Fsp3) is 0.462. The lowest BCUT2D eigenvalue weighted by atomic mass is 10.0. The SMILES string of the molecule is C[C@H]1CCC(=O)CN1Cc1ccccc1. The first kappa shape index (κ1) is 10.4. The van der Waals surface area contributed by atoms with Crippen LogP contribution in [0.4, 0.5) is 0 Å². The number of Topliss-reactive ketones (excluding diaryl/α,β-unsaturated/α-hetero) is 1. The summed E-state index contributed by atoms with van der Waals surface area (Å²) >= 11 is 0. The van der Waals surface area contributed by atoms with Crippen molar-refractivity contribution < 1.29 is 4.79 Å². The van der Waals surface area contributed by atoms with Gasteiger partial charge in [0.2, 0.25) is 0 Å². The Labute approximate surface area is 90.9 Å². The molecule has 1 fully saturated rings. The Morgan fingerprint density at radius 1 is 1.33 bits per heavy atom. The highest BCUT2D eigenvalue weighted by molar-refractivity contribution is 5.81. The Morgan fingerprint density at radius 2 is 2.07 bits per heavy atom. The lowest BCUT2D eigenvalue weighted by molar-refractivity contribution is -0.123. The van der Waals surface area contributed by atoms with Crippen LogP contribution in [0.15, 0.2) is 30.3 Å². The minimum absolute atomic E-state index is 0.379. The molecule has 1 aliphatic rings. The second-order valence-electron chi connectivity index (χ2n) is 4.32. The molecule has 0 saturated carbocycles. The zero-order valence-electron chi connectivity index (χ0n) is 9.15. The standard InChI is InChI=1S/C13H17NO/c1-11-7-8-13(15)10-14(11)9-12-5-3-2-4-6-12/h2-6,11H,7-10H2,1H3/t11-/m0/s1. The molecule has 0 spiro atoms. The van der Waals surface area contributed by atoms with E-state index in [-0.39, 0.29) is 0 Å². The van der Waals surface area contributed by atoms with Gasteiger partial charge in [0.1, 0.15) is 5.78 Å². The van der Waals surface area contributed by atoms with Gasteiger partial charge in [-0.2, -0.15) is 0 Å². The number of hydrogen-bond donors (Lipinski definition) is 0. The van der Waals surface area contributed by atoms with Gasteiger partial charge in [0.15, 0.2) is 0 Å². The first-order chi connectivity index (χ1) is 7.25. The molecule has 1 aliphatic heterocycles. The van der Waals surface area contributed by atoms with Gasteiger partial charge in [0.25, 0.3) is 0 Å². The lowest BCUT2D eigenvalue weighted by Crippen LogP contribution is -2.41. The van der Waals surface area contributed by atoms with Crippen LogP contribution in [0.3, 0.4) is 0 Å². The molecule has 15 heavy (non-hydrogen) atoms. The summed E-state index contributed by atoms with van der Waals surface area (Å²) in [5, 5.41) is 0. The molecule has 0 N–H and O–H groups in total. The number of carbonyl (C=O) groups is 1. The van der Waals surface area contributed by atoms with E-state index in [1.807, 2.05) is 18.2 Å². The van der Waals surface area contributed by atoms with Gasteiger partial charge in [-0.3, -0.25) is 9.69 Å². The van der Waals surface area contributed by atoms with Crippen LogP contribution in [-0.2, 0) is 11.3 Å². The molecule has 0 amide bonds. The summed E-state index contributed by atoms with van der Waals surface area (Å²) in [5.41, 5.74) is 1.29. The van der Waals surface area contributed by atoms with E-state index < -0.39 is 0 Å². The molecule has 0 aliphatic carbocycles. The number of carbonyl (C=O) groups excluding carboxylic acids is 1. The Balaban J connectivity index is 2.01. The summed E-state index contributed by atoms with van der Waals surface area (Å²) in [6, 6.07) is 10.9. The van der Waals surface area contributed by atoms with E-state index in [4.69, 9.17) is 0 Å². The van der Waals surface area contributed by atoms with Crippen molar-refractivity contribution in [3.05, 3.63) is 35.9 Å². The molecule has 0 aromatic heterocycles. The number of likely N-dealkylation sites (tertiary alicyclic amines) is 1. The second-order valence-corrected chi connectivity index (χ2v) is 4.32. The second kappa shape index (κ2) is 4.58. The van der Waals surface area contributed by atoms with Crippen LogP contribution in [0.25, 0.3) is 0 Å². The summed E-state index contributed by atoms with van der Waals surface area (Å²) < 4.78 is 0. The Kier molecular flexibility index (Phi) is 3.17. The fourth-order valence-electron chi connectivity index (χ4n) is 2.04. The van der Waals surface area contributed by atoms with Crippen LogP contribution < -0.4 is 0 Å². The maximum absolute atomic E-state index is 11.4. The van der Waals surface area contributed by atoms with Crippen molar-refractivity contribution in [1.29, 1.82) is 0 Å². The topological polar surface area (TPSA) is 20.3 Å². The quantitative estimate of drug-likeness (QED) is 0.734. The van der Waals surface area contributed by atoms with Crippen LogP contribution in [0.5, 0.6) is 0 Å². The third-order valence-electron chi connectivity index (χ3n) is 3.07. The summed E-state index contributed by atoms with van der Waals surface area (Å²) in [4.78, 5) is 13.6. The van der Waals surface area contributed by atoms with E-state index in [1.165, 1.54) is 5.56 Å². The monoisotopic (exact) mass is 203 g/mol. The zero-order valence-corrected chi connectivity index (χ0v) is 9.15. The number of benzene rings is 1. The van der Waals surface area contributed by atoms with Crippen LogP contribution in [0.1, 0.15) is 25.3 Å². The van der Waals surface area contributed by atoms with Crippen LogP contribution in [0, 0.1) is 0 Å². The molecule has 1 aromatic rings. The Hall–Kier alpha value is -1.15. The first-order valence-corrected chi connectivity index (χ1v) is 5.55. The van der Waals surface area contributed by atoms with Crippen molar-refractivity contribution in [1.82, 2.24) is 4.90 Å². The van der Waals surface area contributed by atoms with E-state index >= 15 is 0 Å². The smallest absolute Gasteiger partial charge is 0.146 e. The first-order valence-electron chi connectivity index (χ1n) is 5.55. The van der Waals surface area contributed by atoms with Crippen molar-refractivity contribution in [3.8, 4) is 0 Å². The van der Waals surface area contributed by atoms with Gasteiger partial charge in [-0.25, -0.2) is 0 Å². The predicted octanol–water partition coefficient (Wildman–Crippen LogP) is 2.24. The number of rotatable bonds is 2. The summed E-state index contributed by atoms with van der Waals surface area (Å²) in [6.45, 7) is 3.72. The van der Waals surface area contributed by atoms with Crippen molar-refractivity contribution in [3.63, 3.8) is 0 Å². The van der Waals surface area contributed by atoms with Gasteiger partial charge >= 0.3 is 0 Å². The number of nitrogens with zero attached hydrogens (tertiary/aromatic N) is 1. The summed E-state index contributed by atoms with van der Waals surface area (Å²) in [6.07, 6.45) is 1.76. The van der Waals surface area contributed by atoms with E-state index in [9.17, 15) is 4.79 Å². The molecule has 0 radical (unpaired) electrons. The number of ketones is 1. The Morgan fingerprint density at radius 3 is 2.80 bits per heavy atom. The molecule has 0 unspecified atom stereocenters. The van der Waals surface area contributed by atoms with Crippen molar-refractivity contribution >= 4 is 5.78 Å². The zero-order chi connectivity index (χ0) is 10.7. The number of hydrogen-bond acceptors (Lipinski definition) is 2. The summed E-state index contributed by atoms with van der Waals surface area (Å²) in [5.74, 6) is 0.379. The molecule has 80 valence electrons. The minimum Gasteiger partial charge on any atom is -0.298 e. The van der Waals surface area contributed by atoms with E-state index in [2.05, 4.69) is 24.0 Å². The van der Waals surface area contributed by atoms with Crippen molar-refractivity contribution in [2.24, 2.45) is 0 Å². The van der Waals surface area contributed by atoms with Crippen molar-refractivity contribution in [2.75, 3.05) is 6.54 Å². The fourth-order valence-corrected chi connectivity index (χ4v) is 2.04. The van der Waals surface area contributed by atoms with E-state index in [1.54, 1.807) is 0 Å². The molecular formula is C13H17NO. The maximum atomic E-state index is 11.4. The highest BCUT2D eigenvalue weighted by Crippen LogP contribution is 2.16. The van der Waals surface area contributed by atoms with E-state index in [0.717, 1.165) is 19.4 Å². The largest absolute Gasteiger partial charge is 0.298 e. The van der Waals surface area contributed by atoms with Gasteiger partial charge in [-0.05, 0) is 18.9 Å². The average Bonchev–Trinajstić information content (AvgIpc) is 2.25. The van der Waals surface area contributed by atoms with Gasteiger partial charge in [0.05, 0.1) is 6.54 Å². The molecule has 1 heterocycles. The van der Waals surface area contributed by atoms with Crippen LogP contribution in [-0.4, -0.2) is 23.3 Å². The van der Waals surface area contributed by atoms with Gasteiger partial charge in [-0.1, -0.05) is 30.3 Å². The molecule has 2 nitrogen and oxygen atoms in total. The van der Waals surface area contributed by atoms with E-state index in [0.29, 0.717) is 18.4 Å². The number of piperidine rings is 1. The molecule has 2 rings (SSSR count). The molecule has 2 heteroatoms. The third-order valence-corrected chi connectivity index (χ3v) is 3.07. The molecule has 1 saturated heterocycles. The van der Waals surface area contributed by atoms with Gasteiger partial charge < -0.3 is 0 Å². The van der Waals surface area contributed by atoms with Gasteiger partial charge in [0, 0.05) is 19.0 Å². The average molecular weight is 203 g/mol. The third kappa shape index (κ3) is 2.66. The predicted molar refractivity (Wildman–Crippen MR) is 60.6 cm³/mol. The highest BCUT2D eigenvalue weighted by Gasteiger charge is 2.22. The summed E-state index contributed by atoms with van der Waals surface area (Å²) in [7, 11) is 0. The molecule has 0 bridgehead atoms. The van der Waals surface area contributed by atoms with Crippen molar-refractivity contribution in [2.45, 2.75) is 32.4 Å². The van der Waals surface area contributed by atoms with Crippen LogP contribution >= 0.6 is 0 Å². The molecular weight excluding hydrogens is 186 g/mol. The minimum atomic E-state index is 0.379. The van der Waals surface area contributed by atoms with Gasteiger partial charge in [-0.15, -0.1) is 0 Å². The molecule has 1 aromatic carbocycles. The van der Waals surface area contributed by atoms with Crippen LogP contribution in [0.2, 0.25) is 0 Å². The normalized spacial score (nSPS) is 23.0. The highest BCUT2D eigenvalue weighted by atomic mass is 16.1. The Bertz CT molecular complexity index is 334.